The standard InChI is InChI=1S/C22H26N2O3/c25-21(24-18-8-4-1-2-5-9-18)16-23-22(26)17-12-14-20(15-13-17)27-19-10-6-3-7-11-19/h3,6-7,10-15,18H,1-2,4-5,8-9,16H2,(H,23,26)(H,24,25). The van der Waals surface area contributed by atoms with E-state index in [1.807, 2.05) is 30.3 Å². The first-order chi connectivity index (χ1) is 13.2. The zero-order chi connectivity index (χ0) is 18.9. The molecular formula is C22H26N2O3. The zero-order valence-corrected chi connectivity index (χ0v) is 15.4. The lowest BCUT2D eigenvalue weighted by Crippen LogP contribution is -2.41. The van der Waals surface area contributed by atoms with E-state index in [2.05, 4.69) is 10.6 Å². The number of nitrogens with one attached hydrogen (secondary N) is 2. The van der Waals surface area contributed by atoms with Crippen LogP contribution in [0.3, 0.4) is 0 Å². The van der Waals surface area contributed by atoms with Crippen LogP contribution in [0.5, 0.6) is 11.5 Å². The number of rotatable bonds is 6. The molecule has 3 rings (SSSR count). The Morgan fingerprint density at radius 1 is 0.852 bits per heavy atom. The Labute approximate surface area is 160 Å². The Morgan fingerprint density at radius 3 is 2.15 bits per heavy atom. The number of ether oxygens (including phenoxy) is 1. The SMILES string of the molecule is O=C(CNC(=O)c1ccc(Oc2ccccc2)cc1)NC1CCCCCC1. The monoisotopic (exact) mass is 366 g/mol. The van der Waals surface area contributed by atoms with Gasteiger partial charge >= 0.3 is 0 Å². The molecule has 0 saturated heterocycles. The van der Waals surface area contributed by atoms with Crippen molar-refractivity contribution in [2.24, 2.45) is 0 Å². The molecule has 1 saturated carbocycles. The van der Waals surface area contributed by atoms with Gasteiger partial charge in [0.15, 0.2) is 0 Å². The van der Waals surface area contributed by atoms with Gasteiger partial charge in [0.1, 0.15) is 11.5 Å². The number of para-hydroxylation sites is 1. The number of amides is 2. The molecule has 0 unspecified atom stereocenters. The molecule has 0 atom stereocenters. The summed E-state index contributed by atoms with van der Waals surface area (Å²) >= 11 is 0. The van der Waals surface area contributed by atoms with E-state index in [0.29, 0.717) is 11.3 Å². The van der Waals surface area contributed by atoms with E-state index in [1.165, 1.54) is 12.8 Å². The maximum Gasteiger partial charge on any atom is 0.251 e. The van der Waals surface area contributed by atoms with Crippen LogP contribution in [-0.2, 0) is 4.79 Å². The largest absolute Gasteiger partial charge is 0.457 e. The number of carbonyl (C=O) groups excluding carboxylic acids is 2. The number of carbonyl (C=O) groups is 2. The van der Waals surface area contributed by atoms with Crippen molar-refractivity contribution < 1.29 is 14.3 Å². The van der Waals surface area contributed by atoms with Crippen LogP contribution >= 0.6 is 0 Å². The van der Waals surface area contributed by atoms with E-state index in [9.17, 15) is 9.59 Å². The summed E-state index contributed by atoms with van der Waals surface area (Å²) in [6.07, 6.45) is 6.87. The summed E-state index contributed by atoms with van der Waals surface area (Å²) in [6, 6.07) is 16.6. The molecule has 2 N–H and O–H groups in total. The van der Waals surface area contributed by atoms with E-state index in [-0.39, 0.29) is 24.4 Å². The van der Waals surface area contributed by atoms with Gasteiger partial charge < -0.3 is 15.4 Å². The normalized spacial score (nSPS) is 14.8. The van der Waals surface area contributed by atoms with Crippen molar-refractivity contribution in [3.05, 3.63) is 60.2 Å². The zero-order valence-electron chi connectivity index (χ0n) is 15.4. The van der Waals surface area contributed by atoms with E-state index >= 15 is 0 Å². The molecule has 2 aromatic rings. The highest BCUT2D eigenvalue weighted by atomic mass is 16.5. The fraction of sp³-hybridized carbons (Fsp3) is 0.364. The summed E-state index contributed by atoms with van der Waals surface area (Å²) in [7, 11) is 0. The molecule has 0 bridgehead atoms. The van der Waals surface area contributed by atoms with Crippen LogP contribution in [0.25, 0.3) is 0 Å². The molecule has 0 spiro atoms. The highest BCUT2D eigenvalue weighted by Gasteiger charge is 2.15. The molecular weight excluding hydrogens is 340 g/mol. The predicted molar refractivity (Wildman–Crippen MR) is 105 cm³/mol. The molecule has 5 nitrogen and oxygen atoms in total. The van der Waals surface area contributed by atoms with Gasteiger partial charge in [0.2, 0.25) is 5.91 Å². The average molecular weight is 366 g/mol. The van der Waals surface area contributed by atoms with Crippen LogP contribution in [0.2, 0.25) is 0 Å². The minimum Gasteiger partial charge on any atom is -0.457 e. The minimum atomic E-state index is -0.266. The molecule has 142 valence electrons. The Hall–Kier alpha value is -2.82. The summed E-state index contributed by atoms with van der Waals surface area (Å²) in [6.45, 7) is -0.00238. The molecule has 1 aliphatic carbocycles. The van der Waals surface area contributed by atoms with Gasteiger partial charge in [-0.15, -0.1) is 0 Å². The Morgan fingerprint density at radius 2 is 1.48 bits per heavy atom. The average Bonchev–Trinajstić information content (AvgIpc) is 2.96. The van der Waals surface area contributed by atoms with Crippen LogP contribution in [0, 0.1) is 0 Å². The molecule has 27 heavy (non-hydrogen) atoms. The van der Waals surface area contributed by atoms with Crippen LogP contribution in [-0.4, -0.2) is 24.4 Å². The van der Waals surface area contributed by atoms with Crippen LogP contribution in [0.4, 0.5) is 0 Å². The van der Waals surface area contributed by atoms with Gasteiger partial charge in [0.25, 0.3) is 5.91 Å². The Balaban J connectivity index is 1.45. The molecule has 0 aliphatic heterocycles. The van der Waals surface area contributed by atoms with Crippen molar-refractivity contribution in [2.45, 2.75) is 44.6 Å². The lowest BCUT2D eigenvalue weighted by molar-refractivity contribution is -0.120. The lowest BCUT2D eigenvalue weighted by Gasteiger charge is -2.16. The van der Waals surface area contributed by atoms with Crippen molar-refractivity contribution in [1.29, 1.82) is 0 Å². The lowest BCUT2D eigenvalue weighted by atomic mass is 10.1. The molecule has 5 heteroatoms. The van der Waals surface area contributed by atoms with Crippen molar-refractivity contribution >= 4 is 11.8 Å². The van der Waals surface area contributed by atoms with E-state index in [1.54, 1.807) is 24.3 Å². The van der Waals surface area contributed by atoms with Crippen LogP contribution in [0.15, 0.2) is 54.6 Å². The molecule has 1 fully saturated rings. The molecule has 0 radical (unpaired) electrons. The highest BCUT2D eigenvalue weighted by molar-refractivity contribution is 5.96. The summed E-state index contributed by atoms with van der Waals surface area (Å²) in [5, 5.41) is 5.71. The molecule has 1 aliphatic rings. The summed E-state index contributed by atoms with van der Waals surface area (Å²) < 4.78 is 5.71. The molecule has 0 aromatic heterocycles. The van der Waals surface area contributed by atoms with Crippen LogP contribution in [0.1, 0.15) is 48.9 Å². The Kier molecular flexibility index (Phi) is 6.85. The second-order valence-electron chi connectivity index (χ2n) is 6.88. The van der Waals surface area contributed by atoms with E-state index in [4.69, 9.17) is 4.74 Å². The van der Waals surface area contributed by atoms with Gasteiger partial charge in [-0.05, 0) is 49.2 Å². The maximum atomic E-state index is 12.2. The third kappa shape index (κ3) is 6.13. The molecule has 0 heterocycles. The van der Waals surface area contributed by atoms with Gasteiger partial charge in [-0.2, -0.15) is 0 Å². The third-order valence-corrected chi connectivity index (χ3v) is 4.73. The van der Waals surface area contributed by atoms with E-state index < -0.39 is 0 Å². The molecule has 2 aromatic carbocycles. The smallest absolute Gasteiger partial charge is 0.251 e. The Bertz CT molecular complexity index is 736. The first-order valence-corrected chi connectivity index (χ1v) is 9.61. The first kappa shape index (κ1) is 19.0. The fourth-order valence-corrected chi connectivity index (χ4v) is 3.26. The predicted octanol–water partition coefficient (Wildman–Crippen LogP) is 4.05. The number of benzene rings is 2. The number of hydrogen-bond donors (Lipinski definition) is 2. The van der Waals surface area contributed by atoms with E-state index in [0.717, 1.165) is 31.4 Å². The molecule has 2 amide bonds. The van der Waals surface area contributed by atoms with Crippen LogP contribution < -0.4 is 15.4 Å². The first-order valence-electron chi connectivity index (χ1n) is 9.61. The van der Waals surface area contributed by atoms with Crippen molar-refractivity contribution in [3.8, 4) is 11.5 Å². The summed E-state index contributed by atoms with van der Waals surface area (Å²) in [4.78, 5) is 24.3. The summed E-state index contributed by atoms with van der Waals surface area (Å²) in [5.41, 5.74) is 0.498. The topological polar surface area (TPSA) is 67.4 Å². The van der Waals surface area contributed by atoms with Gasteiger partial charge in [-0.25, -0.2) is 0 Å². The van der Waals surface area contributed by atoms with Gasteiger partial charge in [0.05, 0.1) is 6.54 Å². The second kappa shape index (κ2) is 9.76. The third-order valence-electron chi connectivity index (χ3n) is 4.73. The van der Waals surface area contributed by atoms with Crippen molar-refractivity contribution in [1.82, 2.24) is 10.6 Å². The van der Waals surface area contributed by atoms with Crippen molar-refractivity contribution in [3.63, 3.8) is 0 Å². The van der Waals surface area contributed by atoms with Crippen molar-refractivity contribution in [2.75, 3.05) is 6.54 Å². The maximum absolute atomic E-state index is 12.2. The van der Waals surface area contributed by atoms with Gasteiger partial charge in [0, 0.05) is 11.6 Å². The number of hydrogen-bond acceptors (Lipinski definition) is 3. The van der Waals surface area contributed by atoms with Gasteiger partial charge in [-0.1, -0.05) is 43.9 Å². The quantitative estimate of drug-likeness (QED) is 0.758. The summed E-state index contributed by atoms with van der Waals surface area (Å²) in [5.74, 6) is 1.00. The highest BCUT2D eigenvalue weighted by Crippen LogP contribution is 2.21. The van der Waals surface area contributed by atoms with Gasteiger partial charge in [-0.3, -0.25) is 9.59 Å². The minimum absolute atomic E-state index is 0.00238. The fourth-order valence-electron chi connectivity index (χ4n) is 3.26. The second-order valence-corrected chi connectivity index (χ2v) is 6.88.